The number of carbonyl (C=O) groups excluding carboxylic acids is 2. The quantitative estimate of drug-likeness (QED) is 0.0195. The van der Waals surface area contributed by atoms with Crippen molar-refractivity contribution >= 4 is 19.8 Å². The molecule has 0 aliphatic carbocycles. The van der Waals surface area contributed by atoms with Crippen LogP contribution in [0.3, 0.4) is 0 Å². The van der Waals surface area contributed by atoms with Crippen LogP contribution in [-0.2, 0) is 32.7 Å². The minimum Gasteiger partial charge on any atom is -0.756 e. The monoisotopic (exact) mass is 912 g/mol. The summed E-state index contributed by atoms with van der Waals surface area (Å²) in [4.78, 5) is 37.8. The van der Waals surface area contributed by atoms with Gasteiger partial charge in [0.25, 0.3) is 7.82 Å². The van der Waals surface area contributed by atoms with Crippen molar-refractivity contribution in [2.45, 2.75) is 258 Å². The maximum atomic E-state index is 12.7. The van der Waals surface area contributed by atoms with Gasteiger partial charge in [0.1, 0.15) is 19.8 Å². The Labute approximate surface area is 389 Å². The smallest absolute Gasteiger partial charge is 0.306 e. The summed E-state index contributed by atoms with van der Waals surface area (Å²) in [7, 11) is 1.17. The third kappa shape index (κ3) is 49.8. The standard InChI is InChI=1S/C53H102NO8P/c1-6-8-10-12-14-16-18-20-22-24-26-28-29-31-33-35-37-39-41-43-45-52(55)59-49-51(50-61-63(57,58)60-48-47-54(3,4)5)62-53(56)46-44-42-40-38-36-34-32-30-27-25-23-21-19-17-15-13-11-9-7-2/h15,17,21,23,51H,6-14,16,18-20,22,24-50H2,1-5H3/b17-15-,23-21-. The summed E-state index contributed by atoms with van der Waals surface area (Å²) >= 11 is 0. The van der Waals surface area contributed by atoms with Crippen molar-refractivity contribution in [2.75, 3.05) is 47.5 Å². The van der Waals surface area contributed by atoms with Crippen LogP contribution in [0.5, 0.6) is 0 Å². The number of ether oxygens (including phenoxy) is 2. The van der Waals surface area contributed by atoms with Gasteiger partial charge in [0.2, 0.25) is 0 Å². The first-order chi connectivity index (χ1) is 30.5. The first kappa shape index (κ1) is 61.5. The van der Waals surface area contributed by atoms with Gasteiger partial charge in [-0.05, 0) is 44.9 Å². The predicted octanol–water partition coefficient (Wildman–Crippen LogP) is 15.2. The van der Waals surface area contributed by atoms with E-state index < -0.39 is 26.5 Å². The molecule has 0 bridgehead atoms. The van der Waals surface area contributed by atoms with Crippen molar-refractivity contribution in [1.82, 2.24) is 0 Å². The van der Waals surface area contributed by atoms with Crippen LogP contribution in [0.2, 0.25) is 0 Å². The molecule has 0 spiro atoms. The molecule has 0 aromatic heterocycles. The third-order valence-electron chi connectivity index (χ3n) is 11.7. The Balaban J connectivity index is 4.20. The van der Waals surface area contributed by atoms with Crippen LogP contribution >= 0.6 is 7.82 Å². The molecule has 0 rings (SSSR count). The van der Waals surface area contributed by atoms with Crippen LogP contribution in [0.1, 0.15) is 251 Å². The molecule has 0 N–H and O–H groups in total. The molecule has 10 heteroatoms. The van der Waals surface area contributed by atoms with Gasteiger partial charge in [-0.1, -0.05) is 218 Å². The van der Waals surface area contributed by atoms with Gasteiger partial charge >= 0.3 is 11.9 Å². The van der Waals surface area contributed by atoms with E-state index in [1.54, 1.807) is 0 Å². The second-order valence-corrected chi connectivity index (χ2v) is 20.7. The van der Waals surface area contributed by atoms with Gasteiger partial charge in [0, 0.05) is 12.8 Å². The number of hydrogen-bond acceptors (Lipinski definition) is 8. The van der Waals surface area contributed by atoms with Crippen molar-refractivity contribution in [2.24, 2.45) is 0 Å². The molecule has 0 aliphatic rings. The van der Waals surface area contributed by atoms with E-state index in [4.69, 9.17) is 18.5 Å². The summed E-state index contributed by atoms with van der Waals surface area (Å²) in [5.74, 6) is -0.825. The molecule has 9 nitrogen and oxygen atoms in total. The van der Waals surface area contributed by atoms with E-state index in [9.17, 15) is 19.0 Å². The Hall–Kier alpha value is -1.51. The second-order valence-electron chi connectivity index (χ2n) is 19.2. The molecule has 0 aliphatic heterocycles. The fourth-order valence-electron chi connectivity index (χ4n) is 7.57. The van der Waals surface area contributed by atoms with Gasteiger partial charge in [-0.15, -0.1) is 0 Å². The second kappa shape index (κ2) is 45.6. The van der Waals surface area contributed by atoms with Gasteiger partial charge in [0.05, 0.1) is 27.7 Å². The number of allylic oxidation sites excluding steroid dienone is 4. The zero-order valence-corrected chi connectivity index (χ0v) is 42.9. The van der Waals surface area contributed by atoms with Crippen LogP contribution in [0.25, 0.3) is 0 Å². The minimum absolute atomic E-state index is 0.0294. The topological polar surface area (TPSA) is 111 Å². The number of carbonyl (C=O) groups is 2. The molecule has 0 aromatic carbocycles. The number of quaternary nitrogens is 1. The number of likely N-dealkylation sites (N-methyl/N-ethyl adjacent to an activating group) is 1. The van der Waals surface area contributed by atoms with E-state index in [-0.39, 0.29) is 32.0 Å². The Morgan fingerprint density at radius 1 is 0.492 bits per heavy atom. The van der Waals surface area contributed by atoms with Gasteiger partial charge in [-0.25, -0.2) is 0 Å². The molecular formula is C53H102NO8P. The number of unbranched alkanes of at least 4 members (excludes halogenated alkanes) is 31. The summed E-state index contributed by atoms with van der Waals surface area (Å²) < 4.78 is 34.1. The zero-order chi connectivity index (χ0) is 46.4. The number of rotatable bonds is 49. The van der Waals surface area contributed by atoms with Crippen LogP contribution in [0, 0.1) is 0 Å². The van der Waals surface area contributed by atoms with Crippen LogP contribution in [0.4, 0.5) is 0 Å². The van der Waals surface area contributed by atoms with Crippen LogP contribution in [-0.4, -0.2) is 70.0 Å². The Morgan fingerprint density at radius 2 is 0.857 bits per heavy atom. The van der Waals surface area contributed by atoms with Crippen molar-refractivity contribution < 1.29 is 42.1 Å². The molecule has 0 amide bonds. The van der Waals surface area contributed by atoms with E-state index >= 15 is 0 Å². The summed E-state index contributed by atoms with van der Waals surface area (Å²) in [5, 5.41) is 0. The highest BCUT2D eigenvalue weighted by Crippen LogP contribution is 2.38. The highest BCUT2D eigenvalue weighted by Gasteiger charge is 2.21. The molecule has 63 heavy (non-hydrogen) atoms. The molecule has 0 fully saturated rings. The van der Waals surface area contributed by atoms with E-state index in [1.165, 1.54) is 167 Å². The molecule has 0 saturated carbocycles. The average Bonchev–Trinajstić information content (AvgIpc) is 3.24. The van der Waals surface area contributed by atoms with E-state index in [0.29, 0.717) is 17.4 Å². The van der Waals surface area contributed by atoms with E-state index in [2.05, 4.69) is 38.2 Å². The van der Waals surface area contributed by atoms with Crippen molar-refractivity contribution in [1.29, 1.82) is 0 Å². The Morgan fingerprint density at radius 3 is 1.29 bits per heavy atom. The van der Waals surface area contributed by atoms with Crippen molar-refractivity contribution in [3.63, 3.8) is 0 Å². The highest BCUT2D eigenvalue weighted by molar-refractivity contribution is 7.45. The number of nitrogens with zero attached hydrogens (tertiary/aromatic N) is 1. The Kier molecular flexibility index (Phi) is 44.5. The summed E-state index contributed by atoms with van der Waals surface area (Å²) in [6.07, 6.45) is 52.0. The predicted molar refractivity (Wildman–Crippen MR) is 264 cm³/mol. The van der Waals surface area contributed by atoms with Crippen molar-refractivity contribution in [3.05, 3.63) is 24.3 Å². The largest absolute Gasteiger partial charge is 0.756 e. The molecule has 372 valence electrons. The maximum absolute atomic E-state index is 12.7. The number of hydrogen-bond donors (Lipinski definition) is 0. The van der Waals surface area contributed by atoms with E-state index in [1.807, 2.05) is 21.1 Å². The molecule has 2 unspecified atom stereocenters. The SMILES string of the molecule is CCCCC/C=C\C/C=C\CCCCCCCCCCCC(=O)OC(COC(=O)CCCCCCCCCCCCCCCCCCCCCC)COP(=O)([O-])OCC[N+](C)(C)C. The first-order valence-corrected chi connectivity index (χ1v) is 28.0. The third-order valence-corrected chi connectivity index (χ3v) is 12.7. The average molecular weight is 912 g/mol. The fourth-order valence-corrected chi connectivity index (χ4v) is 8.30. The van der Waals surface area contributed by atoms with Gasteiger partial charge in [-0.2, -0.15) is 0 Å². The summed E-state index contributed by atoms with van der Waals surface area (Å²) in [6, 6.07) is 0. The molecule has 0 saturated heterocycles. The summed E-state index contributed by atoms with van der Waals surface area (Å²) in [5.41, 5.74) is 0. The molecule has 2 atom stereocenters. The normalized spacial score (nSPS) is 13.6. The fraction of sp³-hybridized carbons (Fsp3) is 0.887. The highest BCUT2D eigenvalue weighted by atomic mass is 31.2. The lowest BCUT2D eigenvalue weighted by Gasteiger charge is -2.28. The minimum atomic E-state index is -4.63. The summed E-state index contributed by atoms with van der Waals surface area (Å²) in [6.45, 7) is 4.25. The zero-order valence-electron chi connectivity index (χ0n) is 42.0. The lowest BCUT2D eigenvalue weighted by Crippen LogP contribution is -2.37. The first-order valence-electron chi connectivity index (χ1n) is 26.5. The van der Waals surface area contributed by atoms with Crippen LogP contribution in [0.15, 0.2) is 24.3 Å². The Bertz CT molecular complexity index is 1120. The van der Waals surface area contributed by atoms with E-state index in [0.717, 1.165) is 51.4 Å². The molecule has 0 aromatic rings. The van der Waals surface area contributed by atoms with Gasteiger partial charge in [0.15, 0.2) is 6.10 Å². The molecule has 0 heterocycles. The molecular weight excluding hydrogens is 810 g/mol. The van der Waals surface area contributed by atoms with Gasteiger partial charge < -0.3 is 27.9 Å². The number of esters is 2. The number of phosphoric ester groups is 1. The van der Waals surface area contributed by atoms with Crippen molar-refractivity contribution in [3.8, 4) is 0 Å². The number of phosphoric acid groups is 1. The maximum Gasteiger partial charge on any atom is 0.306 e. The lowest BCUT2D eigenvalue weighted by molar-refractivity contribution is -0.870. The lowest BCUT2D eigenvalue weighted by atomic mass is 10.0. The van der Waals surface area contributed by atoms with Gasteiger partial charge in [-0.3, -0.25) is 14.2 Å². The van der Waals surface area contributed by atoms with Crippen LogP contribution < -0.4 is 4.89 Å². The molecule has 0 radical (unpaired) electrons.